The van der Waals surface area contributed by atoms with E-state index in [2.05, 4.69) is 36.6 Å². The smallest absolute Gasteiger partial charge is 0.318 e. The van der Waals surface area contributed by atoms with Gasteiger partial charge in [-0.15, -0.1) is 0 Å². The largest absolute Gasteiger partial charge is 0.461 e. The Kier molecular flexibility index (Phi) is 6.46. The lowest BCUT2D eigenvalue weighted by molar-refractivity contribution is -0.0875. The second kappa shape index (κ2) is 9.76. The molecule has 3 fully saturated rings. The van der Waals surface area contributed by atoms with Crippen LogP contribution in [0.15, 0.2) is 12.1 Å². The van der Waals surface area contributed by atoms with Gasteiger partial charge in [0.25, 0.3) is 0 Å². The van der Waals surface area contributed by atoms with Gasteiger partial charge in [-0.2, -0.15) is 15.2 Å². The number of ether oxygens (including phenoxy) is 2. The Hall–Kier alpha value is -3.00. The standard InChI is InChI=1S/C32H41FN6O3/c1-19-7-9-32(27-22(19)5-6-25(35)23(27)13-34)12-26-24(17-42-32)28(39-14-20(16-40)30(39,2)3)37-29(36-26)41-18-31-8-4-10-38(31)15-21(33)11-31/h5-6,19-21,40H,4,7-12,14-18,35H2,1-3H3/t19-,20-,21+,31?,32-/m0/s1. The fraction of sp³-hybridized carbons (Fsp3) is 0.656. The number of nitrogen functional groups attached to an aromatic ring is 1. The van der Waals surface area contributed by atoms with E-state index < -0.39 is 11.8 Å². The number of aromatic nitrogens is 2. The highest BCUT2D eigenvalue weighted by atomic mass is 19.1. The lowest BCUT2D eigenvalue weighted by Gasteiger charge is -2.56. The zero-order valence-corrected chi connectivity index (χ0v) is 24.8. The normalized spacial score (nSPS) is 33.0. The third-order valence-corrected chi connectivity index (χ3v) is 11.2. The summed E-state index contributed by atoms with van der Waals surface area (Å²) in [6.07, 6.45) is 3.76. The van der Waals surface area contributed by atoms with E-state index >= 15 is 0 Å². The van der Waals surface area contributed by atoms with Crippen LogP contribution in [0.5, 0.6) is 6.01 Å². The maximum atomic E-state index is 14.5. The first-order valence-corrected chi connectivity index (χ1v) is 15.4. The number of benzene rings is 1. The number of nitriles is 1. The molecule has 0 saturated carbocycles. The zero-order valence-electron chi connectivity index (χ0n) is 24.8. The van der Waals surface area contributed by atoms with E-state index in [1.54, 1.807) is 0 Å². The van der Waals surface area contributed by atoms with Gasteiger partial charge in [0, 0.05) is 60.8 Å². The number of aliphatic hydroxyl groups excluding tert-OH is 1. The third-order valence-electron chi connectivity index (χ3n) is 11.2. The number of nitrogens with two attached hydrogens (primary N) is 1. The highest BCUT2D eigenvalue weighted by molar-refractivity contribution is 5.64. The number of fused-ring (bicyclic) bond motifs is 4. The summed E-state index contributed by atoms with van der Waals surface area (Å²) in [4.78, 5) is 14.4. The Bertz CT molecular complexity index is 1460. The van der Waals surface area contributed by atoms with Crippen LogP contribution in [0.3, 0.4) is 0 Å². The van der Waals surface area contributed by atoms with Crippen LogP contribution in [0.25, 0.3) is 0 Å². The van der Waals surface area contributed by atoms with Gasteiger partial charge < -0.3 is 25.2 Å². The van der Waals surface area contributed by atoms with Gasteiger partial charge in [0.1, 0.15) is 30.3 Å². The van der Waals surface area contributed by atoms with Crippen molar-refractivity contribution in [2.75, 3.05) is 43.5 Å². The quantitative estimate of drug-likeness (QED) is 0.510. The number of hydrogen-bond acceptors (Lipinski definition) is 9. The van der Waals surface area contributed by atoms with Crippen LogP contribution >= 0.6 is 0 Å². The van der Waals surface area contributed by atoms with Crippen LogP contribution in [0, 0.1) is 17.2 Å². The summed E-state index contributed by atoms with van der Waals surface area (Å²) >= 11 is 0. The minimum atomic E-state index is -0.834. The van der Waals surface area contributed by atoms with Crippen LogP contribution in [0.1, 0.15) is 86.7 Å². The van der Waals surface area contributed by atoms with E-state index in [0.717, 1.165) is 60.4 Å². The molecule has 224 valence electrons. The Balaban J connectivity index is 1.29. The molecule has 5 heterocycles. The predicted molar refractivity (Wildman–Crippen MR) is 156 cm³/mol. The minimum Gasteiger partial charge on any atom is -0.461 e. The first-order valence-electron chi connectivity index (χ1n) is 15.4. The fourth-order valence-corrected chi connectivity index (χ4v) is 8.39. The molecule has 0 bridgehead atoms. The molecule has 1 aromatic carbocycles. The summed E-state index contributed by atoms with van der Waals surface area (Å²) in [6.45, 7) is 9.22. The van der Waals surface area contributed by atoms with Gasteiger partial charge in [-0.1, -0.05) is 13.0 Å². The first kappa shape index (κ1) is 27.8. The Labute approximate surface area is 246 Å². The number of anilines is 2. The van der Waals surface area contributed by atoms with Gasteiger partial charge in [-0.3, -0.25) is 4.90 Å². The second-order valence-corrected chi connectivity index (χ2v) is 13.8. The maximum Gasteiger partial charge on any atom is 0.318 e. The lowest BCUT2D eigenvalue weighted by Crippen LogP contribution is -2.66. The van der Waals surface area contributed by atoms with E-state index in [-0.39, 0.29) is 23.6 Å². The second-order valence-electron chi connectivity index (χ2n) is 13.8. The molecule has 42 heavy (non-hydrogen) atoms. The lowest BCUT2D eigenvalue weighted by atomic mass is 9.69. The summed E-state index contributed by atoms with van der Waals surface area (Å²) in [5, 5.41) is 20.1. The predicted octanol–water partition coefficient (Wildman–Crippen LogP) is 3.96. The van der Waals surface area contributed by atoms with Crippen molar-refractivity contribution in [3.05, 3.63) is 40.1 Å². The molecule has 0 amide bonds. The van der Waals surface area contributed by atoms with Crippen molar-refractivity contribution in [3.8, 4) is 12.1 Å². The average Bonchev–Trinajstić information content (AvgIpc) is 3.49. The van der Waals surface area contributed by atoms with Crippen LogP contribution < -0.4 is 15.4 Å². The zero-order chi connectivity index (χ0) is 29.4. The van der Waals surface area contributed by atoms with Gasteiger partial charge in [-0.05, 0) is 63.6 Å². The van der Waals surface area contributed by atoms with Crippen LogP contribution in [0.4, 0.5) is 15.9 Å². The number of halogens is 1. The number of alkyl halides is 1. The van der Waals surface area contributed by atoms with E-state index in [1.165, 1.54) is 0 Å². The van der Waals surface area contributed by atoms with Crippen molar-refractivity contribution in [2.24, 2.45) is 5.92 Å². The average molecular weight is 577 g/mol. The van der Waals surface area contributed by atoms with Crippen LogP contribution in [0.2, 0.25) is 0 Å². The SMILES string of the molecule is C[C@H]1CC[C@]2(Cc3nc(OCC45CCCN4C[C@H](F)C5)nc(N4C[C@@H](CO)C4(C)C)c3CO2)c2c1ccc(N)c2C#N. The molecule has 0 radical (unpaired) electrons. The minimum absolute atomic E-state index is 0.107. The molecular formula is C32H41FN6O3. The van der Waals surface area contributed by atoms with Crippen LogP contribution in [-0.4, -0.2) is 70.1 Å². The van der Waals surface area contributed by atoms with Crippen molar-refractivity contribution < 1.29 is 19.0 Å². The van der Waals surface area contributed by atoms with Gasteiger partial charge in [0.2, 0.25) is 0 Å². The summed E-state index contributed by atoms with van der Waals surface area (Å²) in [6, 6.07) is 6.53. The summed E-state index contributed by atoms with van der Waals surface area (Å²) in [7, 11) is 0. The van der Waals surface area contributed by atoms with Gasteiger partial charge in [-0.25, -0.2) is 4.39 Å². The van der Waals surface area contributed by atoms with E-state index in [1.807, 2.05) is 12.1 Å². The molecular weight excluding hydrogens is 535 g/mol. The van der Waals surface area contributed by atoms with Crippen molar-refractivity contribution in [1.82, 2.24) is 14.9 Å². The maximum absolute atomic E-state index is 14.5. The highest BCUT2D eigenvalue weighted by Gasteiger charge is 2.52. The number of hydrogen-bond donors (Lipinski definition) is 2. The van der Waals surface area contributed by atoms with Gasteiger partial charge in [0.15, 0.2) is 0 Å². The third kappa shape index (κ3) is 4.04. The van der Waals surface area contributed by atoms with Gasteiger partial charge in [0.05, 0.1) is 23.4 Å². The monoisotopic (exact) mass is 576 g/mol. The summed E-state index contributed by atoms with van der Waals surface area (Å²) < 4.78 is 27.6. The fourth-order valence-electron chi connectivity index (χ4n) is 8.39. The molecule has 1 spiro atoms. The van der Waals surface area contributed by atoms with Crippen molar-refractivity contribution in [2.45, 2.75) is 94.7 Å². The molecule has 1 unspecified atom stereocenters. The van der Waals surface area contributed by atoms with E-state index in [4.69, 9.17) is 25.2 Å². The molecule has 1 aromatic heterocycles. The Morgan fingerprint density at radius 2 is 2.10 bits per heavy atom. The number of nitrogens with zero attached hydrogens (tertiary/aromatic N) is 5. The molecule has 1 aliphatic carbocycles. The number of aliphatic hydroxyl groups is 1. The Morgan fingerprint density at radius 3 is 2.86 bits per heavy atom. The van der Waals surface area contributed by atoms with Crippen molar-refractivity contribution in [3.63, 3.8) is 0 Å². The molecule has 2 aromatic rings. The molecule has 9 nitrogen and oxygen atoms in total. The molecule has 5 atom stereocenters. The van der Waals surface area contributed by atoms with Crippen molar-refractivity contribution >= 4 is 11.5 Å². The Morgan fingerprint density at radius 1 is 1.26 bits per heavy atom. The molecule has 3 N–H and O–H groups in total. The summed E-state index contributed by atoms with van der Waals surface area (Å²) in [5.74, 6) is 1.19. The molecule has 10 heteroatoms. The number of rotatable bonds is 5. The molecule has 4 aliphatic heterocycles. The van der Waals surface area contributed by atoms with E-state index in [0.29, 0.717) is 62.3 Å². The van der Waals surface area contributed by atoms with Crippen LogP contribution in [-0.2, 0) is 23.4 Å². The van der Waals surface area contributed by atoms with Crippen molar-refractivity contribution in [1.29, 1.82) is 5.26 Å². The topological polar surface area (TPSA) is 121 Å². The molecule has 3 saturated heterocycles. The molecule has 5 aliphatic rings. The van der Waals surface area contributed by atoms with E-state index in [9.17, 15) is 14.8 Å². The highest BCUT2D eigenvalue weighted by Crippen LogP contribution is 2.52. The first-order chi connectivity index (χ1) is 20.1. The summed E-state index contributed by atoms with van der Waals surface area (Å²) in [5.41, 5.74) is 9.73. The van der Waals surface area contributed by atoms with Gasteiger partial charge >= 0.3 is 6.01 Å². The molecule has 7 rings (SSSR count).